The molecule has 1 N–H and O–H groups in total. The summed E-state index contributed by atoms with van der Waals surface area (Å²) in [6.45, 7) is -2.71. The van der Waals surface area contributed by atoms with Crippen molar-refractivity contribution in [2.24, 2.45) is 5.92 Å². The number of rotatable bonds is 3. The molecule has 2 atom stereocenters. The molecule has 3 fully saturated rings. The molecule has 2 unspecified atom stereocenters. The molecule has 5 rings (SSSR count). The Morgan fingerprint density at radius 3 is 2.21 bits per heavy atom. The van der Waals surface area contributed by atoms with Gasteiger partial charge in [0.1, 0.15) is 11.2 Å². The highest BCUT2D eigenvalue weighted by Gasteiger charge is 2.64. The second-order valence-electron chi connectivity index (χ2n) is 9.26. The first-order valence-electron chi connectivity index (χ1n) is 10.8. The Balaban J connectivity index is 1.40. The van der Waals surface area contributed by atoms with Gasteiger partial charge in [-0.2, -0.15) is 22.7 Å². The van der Waals surface area contributed by atoms with E-state index >= 15 is 0 Å². The summed E-state index contributed by atoms with van der Waals surface area (Å²) in [4.78, 5) is 32.8. The lowest BCUT2D eigenvalue weighted by atomic mass is 9.72. The Morgan fingerprint density at radius 2 is 1.64 bits per heavy atom. The van der Waals surface area contributed by atoms with Crippen molar-refractivity contribution < 1.29 is 31.1 Å². The largest absolute Gasteiger partial charge is 0.330 e. The van der Waals surface area contributed by atoms with Crippen LogP contribution in [0.5, 0.6) is 0 Å². The van der Waals surface area contributed by atoms with E-state index in [1.807, 2.05) is 0 Å². The Labute approximate surface area is 183 Å². The predicted octanol–water partition coefficient (Wildman–Crippen LogP) is 3.48. The van der Waals surface area contributed by atoms with Crippen molar-refractivity contribution in [3.8, 4) is 0 Å². The number of nitrogens with zero attached hydrogens (tertiary/aromatic N) is 4. The Kier molecular flexibility index (Phi) is 4.84. The SMILES string of the molecule is O=C(C1CCC1c1nc2c(cnn2C2CCC(F)(F)CC2)c(=O)[nH]1)N1CC(F)(F)C(F)(F)C1. The minimum atomic E-state index is -4.29. The molecule has 0 aromatic carbocycles. The first-order chi connectivity index (χ1) is 15.4. The number of carbonyl (C=O) groups is 1. The monoisotopic (exact) mass is 477 g/mol. The molecule has 180 valence electrons. The zero-order chi connectivity index (χ0) is 23.8. The lowest BCUT2D eigenvalue weighted by molar-refractivity contribution is -0.172. The van der Waals surface area contributed by atoms with E-state index in [1.165, 1.54) is 10.9 Å². The zero-order valence-electron chi connectivity index (χ0n) is 17.3. The zero-order valence-corrected chi connectivity index (χ0v) is 17.3. The number of aromatic nitrogens is 4. The van der Waals surface area contributed by atoms with Crippen molar-refractivity contribution in [2.45, 2.75) is 68.3 Å². The van der Waals surface area contributed by atoms with Gasteiger partial charge in [-0.25, -0.2) is 18.4 Å². The van der Waals surface area contributed by atoms with Crippen LogP contribution in [0.3, 0.4) is 0 Å². The van der Waals surface area contributed by atoms with Crippen LogP contribution < -0.4 is 5.56 Å². The number of nitrogens with one attached hydrogen (secondary N) is 1. The summed E-state index contributed by atoms with van der Waals surface area (Å²) in [6.07, 6.45) is 1.71. The van der Waals surface area contributed by atoms with E-state index in [0.29, 0.717) is 11.3 Å². The number of carbonyl (C=O) groups excluding carboxylic acids is 1. The van der Waals surface area contributed by atoms with Crippen LogP contribution in [-0.2, 0) is 4.79 Å². The number of aromatic amines is 1. The average molecular weight is 477 g/mol. The van der Waals surface area contributed by atoms with E-state index in [4.69, 9.17) is 0 Å². The molecule has 1 amide bonds. The number of fused-ring (bicyclic) bond motifs is 1. The third kappa shape index (κ3) is 3.59. The van der Waals surface area contributed by atoms with E-state index < -0.39 is 54.2 Å². The minimum absolute atomic E-state index is 0.137. The lowest BCUT2D eigenvalue weighted by Crippen LogP contribution is -2.43. The van der Waals surface area contributed by atoms with Gasteiger partial charge in [-0.3, -0.25) is 9.59 Å². The summed E-state index contributed by atoms with van der Waals surface area (Å²) in [5.41, 5.74) is -0.332. The summed E-state index contributed by atoms with van der Waals surface area (Å²) in [6, 6.07) is -0.364. The molecular weight excluding hydrogens is 456 g/mol. The third-order valence-corrected chi connectivity index (χ3v) is 7.08. The summed E-state index contributed by atoms with van der Waals surface area (Å²) in [5, 5.41) is 4.33. The number of hydrogen-bond acceptors (Lipinski definition) is 4. The van der Waals surface area contributed by atoms with Crippen LogP contribution in [0.4, 0.5) is 26.3 Å². The van der Waals surface area contributed by atoms with Crippen molar-refractivity contribution in [2.75, 3.05) is 13.1 Å². The van der Waals surface area contributed by atoms with Crippen LogP contribution in [-0.4, -0.2) is 61.4 Å². The predicted molar refractivity (Wildman–Crippen MR) is 103 cm³/mol. The van der Waals surface area contributed by atoms with Gasteiger partial charge in [-0.1, -0.05) is 0 Å². The summed E-state index contributed by atoms with van der Waals surface area (Å²) < 4.78 is 82.7. The molecule has 0 bridgehead atoms. The van der Waals surface area contributed by atoms with E-state index in [9.17, 15) is 35.9 Å². The molecule has 2 aliphatic carbocycles. The van der Waals surface area contributed by atoms with Gasteiger partial charge in [0.15, 0.2) is 5.65 Å². The summed E-state index contributed by atoms with van der Waals surface area (Å²) in [5.74, 6) is -13.5. The maximum absolute atomic E-state index is 13.5. The molecule has 3 aliphatic rings. The number of H-pyrrole nitrogens is 1. The quantitative estimate of drug-likeness (QED) is 0.687. The van der Waals surface area contributed by atoms with Crippen LogP contribution in [0.15, 0.2) is 11.0 Å². The summed E-state index contributed by atoms with van der Waals surface area (Å²) >= 11 is 0. The maximum atomic E-state index is 13.5. The standard InChI is InChI=1S/C20H21F6N5O2/c21-18(22)5-3-10(4-6-18)31-15-13(7-27-31)16(32)29-14(28-15)11-1-2-12(11)17(33)30-8-19(23,24)20(25,26)9-30/h7,10-12H,1-6,8-9H2,(H,28,29,32). The highest BCUT2D eigenvalue weighted by Crippen LogP contribution is 2.46. The fraction of sp³-hybridized carbons (Fsp3) is 0.700. The number of alkyl halides is 6. The first kappa shape index (κ1) is 22.2. The topological polar surface area (TPSA) is 83.9 Å². The normalized spacial score (nSPS) is 28.7. The van der Waals surface area contributed by atoms with Gasteiger partial charge in [-0.15, -0.1) is 0 Å². The van der Waals surface area contributed by atoms with Gasteiger partial charge in [0.05, 0.1) is 25.3 Å². The molecule has 13 heteroatoms. The van der Waals surface area contributed by atoms with Gasteiger partial charge < -0.3 is 9.88 Å². The van der Waals surface area contributed by atoms with Gasteiger partial charge >= 0.3 is 11.8 Å². The first-order valence-corrected chi connectivity index (χ1v) is 10.8. The van der Waals surface area contributed by atoms with Gasteiger partial charge in [0.2, 0.25) is 11.8 Å². The number of amides is 1. The third-order valence-electron chi connectivity index (χ3n) is 7.08. The molecule has 2 aromatic rings. The fourth-order valence-corrected chi connectivity index (χ4v) is 4.95. The van der Waals surface area contributed by atoms with Crippen molar-refractivity contribution >= 4 is 16.9 Å². The van der Waals surface area contributed by atoms with Gasteiger partial charge in [0.25, 0.3) is 5.56 Å². The Morgan fingerprint density at radius 1 is 1.00 bits per heavy atom. The van der Waals surface area contributed by atoms with Gasteiger partial charge in [-0.05, 0) is 25.7 Å². The molecule has 0 radical (unpaired) electrons. The van der Waals surface area contributed by atoms with Crippen molar-refractivity contribution in [1.82, 2.24) is 24.6 Å². The highest BCUT2D eigenvalue weighted by atomic mass is 19.3. The van der Waals surface area contributed by atoms with E-state index in [-0.39, 0.29) is 55.0 Å². The minimum Gasteiger partial charge on any atom is -0.330 e. The van der Waals surface area contributed by atoms with E-state index in [0.717, 1.165) is 0 Å². The van der Waals surface area contributed by atoms with Crippen LogP contribution in [0.2, 0.25) is 0 Å². The molecule has 3 heterocycles. The number of hydrogen-bond donors (Lipinski definition) is 1. The molecular formula is C20H21F6N5O2. The fourth-order valence-electron chi connectivity index (χ4n) is 4.95. The highest BCUT2D eigenvalue weighted by molar-refractivity contribution is 5.81. The molecule has 2 aromatic heterocycles. The second-order valence-corrected chi connectivity index (χ2v) is 9.26. The van der Waals surface area contributed by atoms with E-state index in [2.05, 4.69) is 15.1 Å². The maximum Gasteiger partial charge on any atom is 0.329 e. The second kappa shape index (κ2) is 7.20. The Hall–Kier alpha value is -2.60. The van der Waals surface area contributed by atoms with Crippen LogP contribution in [0, 0.1) is 5.92 Å². The Bertz CT molecular complexity index is 1140. The lowest BCUT2D eigenvalue weighted by Gasteiger charge is -2.36. The van der Waals surface area contributed by atoms with Crippen molar-refractivity contribution in [3.63, 3.8) is 0 Å². The van der Waals surface area contributed by atoms with Crippen LogP contribution in [0.25, 0.3) is 11.0 Å². The smallest absolute Gasteiger partial charge is 0.329 e. The molecule has 1 aliphatic heterocycles. The number of halogens is 6. The molecule has 7 nitrogen and oxygen atoms in total. The molecule has 1 saturated heterocycles. The summed E-state index contributed by atoms with van der Waals surface area (Å²) in [7, 11) is 0. The molecule has 33 heavy (non-hydrogen) atoms. The number of likely N-dealkylation sites (tertiary alicyclic amines) is 1. The van der Waals surface area contributed by atoms with E-state index in [1.54, 1.807) is 0 Å². The molecule has 0 spiro atoms. The molecule has 2 saturated carbocycles. The van der Waals surface area contributed by atoms with Crippen molar-refractivity contribution in [3.05, 3.63) is 22.4 Å². The van der Waals surface area contributed by atoms with Crippen LogP contribution >= 0.6 is 0 Å². The van der Waals surface area contributed by atoms with Crippen molar-refractivity contribution in [1.29, 1.82) is 0 Å². The van der Waals surface area contributed by atoms with Gasteiger partial charge in [0, 0.05) is 24.7 Å². The van der Waals surface area contributed by atoms with Crippen LogP contribution in [0.1, 0.15) is 56.3 Å². The average Bonchev–Trinajstić information content (AvgIpc) is 3.19.